The summed E-state index contributed by atoms with van der Waals surface area (Å²) in [4.78, 5) is 32.1. The van der Waals surface area contributed by atoms with Gasteiger partial charge in [-0.2, -0.15) is 4.31 Å². The van der Waals surface area contributed by atoms with Crippen molar-refractivity contribution in [1.82, 2.24) is 14.1 Å². The highest BCUT2D eigenvalue weighted by molar-refractivity contribution is 7.89. The van der Waals surface area contributed by atoms with Gasteiger partial charge in [0.05, 0.1) is 10.5 Å². The maximum atomic E-state index is 13.5. The Kier molecular flexibility index (Phi) is 9.68. The van der Waals surface area contributed by atoms with Crippen LogP contribution in [0.15, 0.2) is 29.2 Å². The molecule has 1 aromatic heterocycles. The zero-order valence-corrected chi connectivity index (χ0v) is 23.6. The van der Waals surface area contributed by atoms with Crippen molar-refractivity contribution < 1.29 is 18.0 Å². The summed E-state index contributed by atoms with van der Waals surface area (Å²) in [5.41, 5.74) is 1.98. The fraction of sp³-hybridized carbons (Fsp3) is 0.538. The van der Waals surface area contributed by atoms with Crippen molar-refractivity contribution in [2.75, 3.05) is 44.6 Å². The van der Waals surface area contributed by atoms with Crippen LogP contribution < -0.4 is 5.32 Å². The number of thiophene rings is 1. The van der Waals surface area contributed by atoms with Gasteiger partial charge in [0, 0.05) is 49.7 Å². The number of fused-ring (bicyclic) bond motifs is 1. The number of amides is 2. The topological polar surface area (TPSA) is 90.0 Å². The number of rotatable bonds is 11. The predicted octanol–water partition coefficient (Wildman–Crippen LogP) is 4.28. The van der Waals surface area contributed by atoms with Gasteiger partial charge < -0.3 is 10.2 Å². The molecule has 2 aromatic rings. The monoisotopic (exact) mass is 534 g/mol. The first-order valence-corrected chi connectivity index (χ1v) is 15.0. The summed E-state index contributed by atoms with van der Waals surface area (Å²) in [6, 6.07) is 5.97. The lowest BCUT2D eigenvalue weighted by Crippen LogP contribution is -2.34. The number of sulfonamides is 1. The summed E-state index contributed by atoms with van der Waals surface area (Å²) in [7, 11) is -3.60. The van der Waals surface area contributed by atoms with Gasteiger partial charge in [-0.05, 0) is 63.1 Å². The molecule has 1 aliphatic heterocycles. The molecule has 0 aliphatic carbocycles. The van der Waals surface area contributed by atoms with Gasteiger partial charge in [0.15, 0.2) is 0 Å². The van der Waals surface area contributed by atoms with E-state index in [1.54, 1.807) is 18.7 Å². The van der Waals surface area contributed by atoms with Gasteiger partial charge in [-0.15, -0.1) is 11.3 Å². The number of carbonyl (C=O) groups is 2. The molecule has 36 heavy (non-hydrogen) atoms. The molecule has 2 amide bonds. The molecule has 0 saturated carbocycles. The lowest BCUT2D eigenvalue weighted by molar-refractivity contribution is 0.0772. The highest BCUT2D eigenvalue weighted by Gasteiger charge is 2.30. The first-order chi connectivity index (χ1) is 17.2. The van der Waals surface area contributed by atoms with Gasteiger partial charge in [0.1, 0.15) is 5.00 Å². The third-order valence-electron chi connectivity index (χ3n) is 6.63. The summed E-state index contributed by atoms with van der Waals surface area (Å²) in [5, 5.41) is 3.54. The average molecular weight is 535 g/mol. The minimum Gasteiger partial charge on any atom is -0.339 e. The van der Waals surface area contributed by atoms with Crippen LogP contribution in [-0.4, -0.2) is 73.6 Å². The first kappa shape index (κ1) is 28.3. The summed E-state index contributed by atoms with van der Waals surface area (Å²) in [5.74, 6) is -0.420. The van der Waals surface area contributed by atoms with Crippen molar-refractivity contribution in [3.8, 4) is 0 Å². The average Bonchev–Trinajstić information content (AvgIpc) is 3.22. The van der Waals surface area contributed by atoms with Gasteiger partial charge in [0.25, 0.3) is 11.8 Å². The Morgan fingerprint density at radius 3 is 2.19 bits per heavy atom. The quantitative estimate of drug-likeness (QED) is 0.465. The normalized spacial score (nSPS) is 14.1. The van der Waals surface area contributed by atoms with Gasteiger partial charge in [-0.1, -0.05) is 20.8 Å². The molecule has 3 rings (SSSR count). The highest BCUT2D eigenvalue weighted by Crippen LogP contribution is 2.38. The van der Waals surface area contributed by atoms with Crippen LogP contribution in [0.2, 0.25) is 0 Å². The third kappa shape index (κ3) is 5.82. The number of carbonyl (C=O) groups excluding carboxylic acids is 2. The Balaban J connectivity index is 1.91. The second kappa shape index (κ2) is 12.3. The molecule has 198 valence electrons. The summed E-state index contributed by atoms with van der Waals surface area (Å²) in [6.07, 6.45) is 1.84. The van der Waals surface area contributed by atoms with Crippen LogP contribution in [0.1, 0.15) is 72.2 Å². The van der Waals surface area contributed by atoms with E-state index >= 15 is 0 Å². The van der Waals surface area contributed by atoms with E-state index in [-0.39, 0.29) is 16.7 Å². The van der Waals surface area contributed by atoms with Crippen LogP contribution >= 0.6 is 11.3 Å². The molecule has 0 radical (unpaired) electrons. The Morgan fingerprint density at radius 1 is 1.00 bits per heavy atom. The molecule has 0 fully saturated rings. The van der Waals surface area contributed by atoms with Crippen LogP contribution in [0.25, 0.3) is 0 Å². The van der Waals surface area contributed by atoms with Crippen LogP contribution in [0.4, 0.5) is 5.00 Å². The Labute approximate surface area is 219 Å². The first-order valence-electron chi connectivity index (χ1n) is 12.8. The number of benzene rings is 1. The maximum absolute atomic E-state index is 13.5. The summed E-state index contributed by atoms with van der Waals surface area (Å²) < 4.78 is 26.9. The van der Waals surface area contributed by atoms with Gasteiger partial charge in [-0.25, -0.2) is 8.42 Å². The number of nitrogens with zero attached hydrogens (tertiary/aromatic N) is 3. The molecule has 1 aliphatic rings. The van der Waals surface area contributed by atoms with Crippen LogP contribution in [0, 0.1) is 0 Å². The molecule has 0 bridgehead atoms. The molecule has 1 N–H and O–H groups in total. The van der Waals surface area contributed by atoms with Crippen molar-refractivity contribution in [1.29, 1.82) is 0 Å². The molecule has 10 heteroatoms. The molecule has 0 spiro atoms. The number of anilines is 1. The zero-order chi connectivity index (χ0) is 26.5. The number of hydrogen-bond donors (Lipinski definition) is 1. The molecule has 8 nitrogen and oxygen atoms in total. The molecular weight excluding hydrogens is 496 g/mol. The Bertz CT molecular complexity index is 1170. The molecule has 0 unspecified atom stereocenters. The fourth-order valence-electron chi connectivity index (χ4n) is 4.61. The third-order valence-corrected chi connectivity index (χ3v) is 9.82. The Morgan fingerprint density at radius 2 is 1.64 bits per heavy atom. The zero-order valence-electron chi connectivity index (χ0n) is 22.0. The lowest BCUT2D eigenvalue weighted by Gasteiger charge is -2.27. The second-order valence-corrected chi connectivity index (χ2v) is 11.8. The molecule has 2 heterocycles. The van der Waals surface area contributed by atoms with Gasteiger partial charge in [-0.3, -0.25) is 14.5 Å². The van der Waals surface area contributed by atoms with Crippen molar-refractivity contribution in [3.05, 3.63) is 45.8 Å². The van der Waals surface area contributed by atoms with E-state index in [9.17, 15) is 18.0 Å². The van der Waals surface area contributed by atoms with E-state index in [1.807, 2.05) is 13.8 Å². The van der Waals surface area contributed by atoms with Crippen molar-refractivity contribution in [2.45, 2.75) is 58.9 Å². The van der Waals surface area contributed by atoms with E-state index in [0.717, 1.165) is 42.9 Å². The molecule has 0 saturated heterocycles. The number of hydrogen-bond acceptors (Lipinski definition) is 6. The largest absolute Gasteiger partial charge is 0.339 e. The molecule has 0 atom stereocenters. The van der Waals surface area contributed by atoms with Crippen LogP contribution in [0.5, 0.6) is 0 Å². The fourth-order valence-corrected chi connectivity index (χ4v) is 7.35. The van der Waals surface area contributed by atoms with Gasteiger partial charge >= 0.3 is 0 Å². The van der Waals surface area contributed by atoms with E-state index in [4.69, 9.17) is 0 Å². The Hall–Kier alpha value is -2.27. The van der Waals surface area contributed by atoms with E-state index in [1.165, 1.54) is 39.9 Å². The predicted molar refractivity (Wildman–Crippen MR) is 145 cm³/mol. The van der Waals surface area contributed by atoms with Crippen molar-refractivity contribution in [2.24, 2.45) is 0 Å². The van der Waals surface area contributed by atoms with Crippen LogP contribution in [-0.2, 0) is 23.0 Å². The summed E-state index contributed by atoms with van der Waals surface area (Å²) >= 11 is 1.47. The minimum absolute atomic E-state index is 0.0580. The second-order valence-electron chi connectivity index (χ2n) is 8.78. The van der Waals surface area contributed by atoms with Crippen molar-refractivity contribution in [3.63, 3.8) is 0 Å². The molecular formula is C26H38N4O4S2. The standard InChI is InChI=1S/C26H38N4O4S2/c1-6-16-28-17-15-21-22(18-28)35-25(23(21)26(32)29(7-2)8-3)27-24(31)19-11-13-20(14-12-19)36(33,34)30(9-4)10-5/h11-14H,6-10,15-18H2,1-5H3,(H,27,31). The minimum atomic E-state index is -3.60. The van der Waals surface area contributed by atoms with E-state index in [2.05, 4.69) is 17.1 Å². The van der Waals surface area contributed by atoms with E-state index < -0.39 is 10.0 Å². The van der Waals surface area contributed by atoms with Crippen molar-refractivity contribution >= 4 is 38.2 Å². The van der Waals surface area contributed by atoms with Gasteiger partial charge in [0.2, 0.25) is 10.0 Å². The van der Waals surface area contributed by atoms with E-state index in [0.29, 0.717) is 42.3 Å². The summed E-state index contributed by atoms with van der Waals surface area (Å²) in [6.45, 7) is 14.3. The molecule has 1 aromatic carbocycles. The lowest BCUT2D eigenvalue weighted by atomic mass is 10.0. The highest BCUT2D eigenvalue weighted by atomic mass is 32.2. The SMILES string of the molecule is CCCN1CCc2c(sc(NC(=O)c3ccc(S(=O)(=O)N(CC)CC)cc3)c2C(=O)N(CC)CC)C1. The maximum Gasteiger partial charge on any atom is 0.257 e. The van der Waals surface area contributed by atoms with Crippen LogP contribution in [0.3, 0.4) is 0 Å². The smallest absolute Gasteiger partial charge is 0.257 e. The number of nitrogens with one attached hydrogen (secondary N) is 1.